The number of hydrogen-bond donors (Lipinski definition) is 6. The average molecular weight is 348 g/mol. The number of carboxylic acid groups (broad SMARTS) is 1. The Morgan fingerprint density at radius 3 is 2.04 bits per heavy atom. The van der Waals surface area contributed by atoms with Crippen molar-refractivity contribution < 1.29 is 24.3 Å². The van der Waals surface area contributed by atoms with Crippen LogP contribution in [0.4, 0.5) is 0 Å². The van der Waals surface area contributed by atoms with Crippen molar-refractivity contribution in [1.29, 1.82) is 0 Å². The van der Waals surface area contributed by atoms with E-state index in [9.17, 15) is 19.2 Å². The van der Waals surface area contributed by atoms with Gasteiger partial charge in [-0.2, -0.15) is 12.6 Å². The van der Waals surface area contributed by atoms with Crippen LogP contribution in [0.25, 0.3) is 0 Å². The Morgan fingerprint density at radius 2 is 1.65 bits per heavy atom. The molecule has 3 amide bonds. The largest absolute Gasteiger partial charge is 0.480 e. The Labute approximate surface area is 140 Å². The van der Waals surface area contributed by atoms with E-state index in [1.807, 2.05) is 0 Å². The number of carbonyl (C=O) groups excluding carboxylic acids is 3. The van der Waals surface area contributed by atoms with Crippen molar-refractivity contribution >= 4 is 36.3 Å². The summed E-state index contributed by atoms with van der Waals surface area (Å²) >= 11 is 3.96. The Hall–Kier alpha value is -1.81. The highest BCUT2D eigenvalue weighted by molar-refractivity contribution is 7.80. The molecule has 0 spiro atoms. The SMILES string of the molecule is CC(N)C(=O)NC(CS)C(=O)NCC(=O)NC(C(=O)O)C(C)C. The van der Waals surface area contributed by atoms with Crippen molar-refractivity contribution in [3.63, 3.8) is 0 Å². The highest BCUT2D eigenvalue weighted by Crippen LogP contribution is 2.01. The predicted octanol–water partition coefficient (Wildman–Crippen LogP) is -1.91. The standard InChI is InChI=1S/C13H24N4O5S/c1-6(2)10(13(21)22)17-9(18)4-15-12(20)8(5-23)16-11(19)7(3)14/h6-8,10,23H,4-5,14H2,1-3H3,(H,15,20)(H,16,19)(H,17,18)(H,21,22). The number of rotatable bonds is 9. The first-order chi connectivity index (χ1) is 10.6. The summed E-state index contributed by atoms with van der Waals surface area (Å²) < 4.78 is 0. The van der Waals surface area contributed by atoms with Crippen molar-refractivity contribution in [2.75, 3.05) is 12.3 Å². The summed E-state index contributed by atoms with van der Waals surface area (Å²) in [6.45, 7) is 4.36. The predicted molar refractivity (Wildman–Crippen MR) is 86.8 cm³/mol. The second-order valence-corrected chi connectivity index (χ2v) is 5.74. The summed E-state index contributed by atoms with van der Waals surface area (Å²) in [6, 6.07) is -2.77. The second-order valence-electron chi connectivity index (χ2n) is 5.38. The quantitative estimate of drug-likeness (QED) is 0.268. The molecule has 0 saturated carbocycles. The molecule has 23 heavy (non-hydrogen) atoms. The number of carboxylic acids is 1. The molecule has 10 heteroatoms. The zero-order valence-electron chi connectivity index (χ0n) is 13.3. The van der Waals surface area contributed by atoms with Crippen molar-refractivity contribution in [1.82, 2.24) is 16.0 Å². The van der Waals surface area contributed by atoms with Crippen LogP contribution >= 0.6 is 12.6 Å². The summed E-state index contributed by atoms with van der Waals surface area (Å²) in [6.07, 6.45) is 0. The topological polar surface area (TPSA) is 151 Å². The fourth-order valence-electron chi connectivity index (χ4n) is 1.53. The minimum Gasteiger partial charge on any atom is -0.480 e. The molecular formula is C13H24N4O5S. The Bertz CT molecular complexity index is 456. The van der Waals surface area contributed by atoms with Crippen LogP contribution < -0.4 is 21.7 Å². The van der Waals surface area contributed by atoms with Gasteiger partial charge in [-0.3, -0.25) is 14.4 Å². The van der Waals surface area contributed by atoms with Crippen LogP contribution in [-0.2, 0) is 19.2 Å². The van der Waals surface area contributed by atoms with Gasteiger partial charge >= 0.3 is 5.97 Å². The maximum atomic E-state index is 11.9. The first-order valence-electron chi connectivity index (χ1n) is 7.06. The van der Waals surface area contributed by atoms with E-state index in [0.717, 1.165) is 0 Å². The minimum atomic E-state index is -1.16. The van der Waals surface area contributed by atoms with Crippen LogP contribution in [0.3, 0.4) is 0 Å². The first-order valence-corrected chi connectivity index (χ1v) is 7.70. The molecule has 0 bridgehead atoms. The van der Waals surface area contributed by atoms with Gasteiger partial charge in [-0.05, 0) is 12.8 Å². The maximum absolute atomic E-state index is 11.9. The highest BCUT2D eigenvalue weighted by atomic mass is 32.1. The molecule has 9 nitrogen and oxygen atoms in total. The molecule has 0 heterocycles. The lowest BCUT2D eigenvalue weighted by Crippen LogP contribution is -2.54. The lowest BCUT2D eigenvalue weighted by Gasteiger charge is -2.20. The molecule has 132 valence electrons. The van der Waals surface area contributed by atoms with Gasteiger partial charge in [-0.15, -0.1) is 0 Å². The van der Waals surface area contributed by atoms with Crippen LogP contribution in [0.15, 0.2) is 0 Å². The molecule has 3 atom stereocenters. The zero-order valence-corrected chi connectivity index (χ0v) is 14.2. The molecule has 6 N–H and O–H groups in total. The van der Waals surface area contributed by atoms with Gasteiger partial charge in [0.1, 0.15) is 12.1 Å². The van der Waals surface area contributed by atoms with E-state index in [1.165, 1.54) is 6.92 Å². The average Bonchev–Trinajstić information content (AvgIpc) is 2.46. The van der Waals surface area contributed by atoms with Gasteiger partial charge < -0.3 is 26.8 Å². The lowest BCUT2D eigenvalue weighted by molar-refractivity contribution is -0.143. The Morgan fingerprint density at radius 1 is 1.09 bits per heavy atom. The molecule has 0 radical (unpaired) electrons. The van der Waals surface area contributed by atoms with E-state index in [2.05, 4.69) is 28.6 Å². The lowest BCUT2D eigenvalue weighted by atomic mass is 10.1. The highest BCUT2D eigenvalue weighted by Gasteiger charge is 2.25. The number of nitrogens with two attached hydrogens (primary N) is 1. The summed E-state index contributed by atoms with van der Waals surface area (Å²) in [5.74, 6) is -3.21. The molecule has 0 aliphatic carbocycles. The number of nitrogens with one attached hydrogen (secondary N) is 3. The summed E-state index contributed by atoms with van der Waals surface area (Å²) in [7, 11) is 0. The summed E-state index contributed by atoms with van der Waals surface area (Å²) in [5.41, 5.74) is 5.38. The Balaban J connectivity index is 4.47. The maximum Gasteiger partial charge on any atom is 0.326 e. The molecule has 0 rings (SSSR count). The fourth-order valence-corrected chi connectivity index (χ4v) is 1.78. The van der Waals surface area contributed by atoms with E-state index >= 15 is 0 Å². The molecule has 0 aliphatic rings. The van der Waals surface area contributed by atoms with Gasteiger partial charge in [-0.1, -0.05) is 13.8 Å². The second kappa shape index (κ2) is 10.1. The molecule has 0 aromatic carbocycles. The van der Waals surface area contributed by atoms with E-state index < -0.39 is 48.4 Å². The van der Waals surface area contributed by atoms with Gasteiger partial charge in [0.25, 0.3) is 0 Å². The number of aliphatic carboxylic acids is 1. The van der Waals surface area contributed by atoms with Crippen molar-refractivity contribution in [3.8, 4) is 0 Å². The number of amides is 3. The Kier molecular flexibility index (Phi) is 9.27. The third-order valence-electron chi connectivity index (χ3n) is 2.90. The first kappa shape index (κ1) is 21.2. The van der Waals surface area contributed by atoms with Crippen LogP contribution in [0, 0.1) is 5.92 Å². The van der Waals surface area contributed by atoms with Crippen LogP contribution in [-0.4, -0.2) is 59.2 Å². The van der Waals surface area contributed by atoms with E-state index in [0.29, 0.717) is 0 Å². The van der Waals surface area contributed by atoms with Gasteiger partial charge in [-0.25, -0.2) is 4.79 Å². The van der Waals surface area contributed by atoms with E-state index in [4.69, 9.17) is 10.8 Å². The fraction of sp³-hybridized carbons (Fsp3) is 0.692. The molecule has 0 saturated heterocycles. The summed E-state index contributed by atoms with van der Waals surface area (Å²) in [4.78, 5) is 46.0. The van der Waals surface area contributed by atoms with E-state index in [1.54, 1.807) is 13.8 Å². The normalized spacial score (nSPS) is 14.5. The third-order valence-corrected chi connectivity index (χ3v) is 3.27. The van der Waals surface area contributed by atoms with Crippen LogP contribution in [0.2, 0.25) is 0 Å². The third kappa shape index (κ3) is 7.84. The number of thiol groups is 1. The van der Waals surface area contributed by atoms with Gasteiger partial charge in [0.15, 0.2) is 0 Å². The molecular weight excluding hydrogens is 324 g/mol. The van der Waals surface area contributed by atoms with E-state index in [-0.39, 0.29) is 11.7 Å². The van der Waals surface area contributed by atoms with Gasteiger partial charge in [0.05, 0.1) is 12.6 Å². The van der Waals surface area contributed by atoms with Gasteiger partial charge in [0, 0.05) is 5.75 Å². The van der Waals surface area contributed by atoms with Crippen molar-refractivity contribution in [2.24, 2.45) is 11.7 Å². The monoisotopic (exact) mass is 348 g/mol. The molecule has 0 aliphatic heterocycles. The van der Waals surface area contributed by atoms with Crippen molar-refractivity contribution in [3.05, 3.63) is 0 Å². The number of hydrogen-bond acceptors (Lipinski definition) is 6. The van der Waals surface area contributed by atoms with Crippen LogP contribution in [0.1, 0.15) is 20.8 Å². The van der Waals surface area contributed by atoms with Crippen LogP contribution in [0.5, 0.6) is 0 Å². The summed E-state index contributed by atoms with van der Waals surface area (Å²) in [5, 5.41) is 16.0. The van der Waals surface area contributed by atoms with Gasteiger partial charge in [0.2, 0.25) is 17.7 Å². The smallest absolute Gasteiger partial charge is 0.326 e. The number of carbonyl (C=O) groups is 4. The molecule has 0 aromatic rings. The molecule has 0 aromatic heterocycles. The molecule has 3 unspecified atom stereocenters. The molecule has 0 fully saturated rings. The van der Waals surface area contributed by atoms with Crippen molar-refractivity contribution in [2.45, 2.75) is 38.9 Å². The minimum absolute atomic E-state index is 0.0235. The zero-order chi connectivity index (χ0) is 18.2.